The van der Waals surface area contributed by atoms with Gasteiger partial charge >= 0.3 is 0 Å². The van der Waals surface area contributed by atoms with Gasteiger partial charge in [-0.2, -0.15) is 0 Å². The van der Waals surface area contributed by atoms with Crippen LogP contribution in [0.4, 0.5) is 5.69 Å². The molecule has 0 fully saturated rings. The van der Waals surface area contributed by atoms with Crippen molar-refractivity contribution in [2.45, 2.75) is 0 Å². The Bertz CT molecular complexity index is 848. The van der Waals surface area contributed by atoms with Gasteiger partial charge in [-0.15, -0.1) is 0 Å². The van der Waals surface area contributed by atoms with Crippen LogP contribution in [0.25, 0.3) is 0 Å². The molecular weight excluding hydrogens is 324 g/mol. The van der Waals surface area contributed by atoms with E-state index in [2.05, 4.69) is 10.6 Å². The van der Waals surface area contributed by atoms with E-state index >= 15 is 0 Å². The first-order valence-electron chi connectivity index (χ1n) is 7.89. The molecule has 7 heteroatoms. The second-order valence-electron chi connectivity index (χ2n) is 5.65. The fourth-order valence-corrected chi connectivity index (χ4v) is 2.88. The molecule has 0 amide bonds. The van der Waals surface area contributed by atoms with Crippen molar-refractivity contribution in [1.82, 2.24) is 5.32 Å². The predicted molar refractivity (Wildman–Crippen MR) is 91.5 cm³/mol. The molecule has 1 aliphatic carbocycles. The minimum atomic E-state index is -0.500. The Balaban J connectivity index is 1.96. The first-order valence-corrected chi connectivity index (χ1v) is 7.89. The predicted octanol–water partition coefficient (Wildman–Crippen LogP) is 0.867. The smallest absolute Gasteiger partial charge is 0.198 e. The highest BCUT2D eigenvalue weighted by Crippen LogP contribution is 2.42. The number of hydrogen-bond acceptors (Lipinski definition) is 7. The number of aliphatic hydroxyl groups is 1. The summed E-state index contributed by atoms with van der Waals surface area (Å²) in [7, 11) is 0. The summed E-state index contributed by atoms with van der Waals surface area (Å²) in [5.41, 5.74) is 0.224. The number of phenolic OH excluding ortho intramolecular Hbond substituents is 2. The van der Waals surface area contributed by atoms with Crippen LogP contribution in [0, 0.1) is 0 Å². The van der Waals surface area contributed by atoms with Crippen LogP contribution in [0.3, 0.4) is 0 Å². The zero-order chi connectivity index (χ0) is 18.0. The summed E-state index contributed by atoms with van der Waals surface area (Å²) in [4.78, 5) is 25.3. The van der Waals surface area contributed by atoms with E-state index in [1.807, 2.05) is 0 Å². The van der Waals surface area contributed by atoms with E-state index in [4.69, 9.17) is 5.11 Å². The molecule has 2 aromatic carbocycles. The molecule has 25 heavy (non-hydrogen) atoms. The second-order valence-corrected chi connectivity index (χ2v) is 5.65. The van der Waals surface area contributed by atoms with Crippen molar-refractivity contribution in [3.8, 4) is 11.5 Å². The van der Waals surface area contributed by atoms with E-state index in [-0.39, 0.29) is 46.0 Å². The van der Waals surface area contributed by atoms with E-state index in [9.17, 15) is 19.8 Å². The molecule has 2 aromatic rings. The van der Waals surface area contributed by atoms with Crippen molar-refractivity contribution in [2.24, 2.45) is 0 Å². The maximum atomic E-state index is 12.7. The van der Waals surface area contributed by atoms with E-state index in [1.165, 1.54) is 18.2 Å². The van der Waals surface area contributed by atoms with E-state index < -0.39 is 11.6 Å². The van der Waals surface area contributed by atoms with Crippen LogP contribution in [0.5, 0.6) is 11.5 Å². The summed E-state index contributed by atoms with van der Waals surface area (Å²) in [5, 5.41) is 35.3. The summed E-state index contributed by atoms with van der Waals surface area (Å²) in [6, 6.07) is 7.56. The minimum absolute atomic E-state index is 0.0148. The molecule has 0 aliphatic heterocycles. The number of fused-ring (bicyclic) bond motifs is 2. The first kappa shape index (κ1) is 16.9. The van der Waals surface area contributed by atoms with Gasteiger partial charge in [0.15, 0.2) is 17.3 Å². The third kappa shape index (κ3) is 2.95. The van der Waals surface area contributed by atoms with Gasteiger partial charge in [-0.3, -0.25) is 9.59 Å². The number of nitrogens with one attached hydrogen (secondary N) is 2. The summed E-state index contributed by atoms with van der Waals surface area (Å²) in [5.74, 6) is -1.71. The molecule has 5 N–H and O–H groups in total. The molecule has 0 atom stereocenters. The lowest BCUT2D eigenvalue weighted by atomic mass is 9.82. The highest BCUT2D eigenvalue weighted by Gasteiger charge is 2.35. The monoisotopic (exact) mass is 342 g/mol. The van der Waals surface area contributed by atoms with Gasteiger partial charge in [0.2, 0.25) is 0 Å². The highest BCUT2D eigenvalue weighted by atomic mass is 16.3. The fraction of sp³-hybridized carbons (Fsp3) is 0.222. The van der Waals surface area contributed by atoms with Crippen molar-refractivity contribution in [1.29, 1.82) is 0 Å². The molecule has 0 radical (unpaired) electrons. The zero-order valence-corrected chi connectivity index (χ0v) is 13.4. The van der Waals surface area contributed by atoms with Crippen molar-refractivity contribution in [2.75, 3.05) is 31.6 Å². The second kappa shape index (κ2) is 6.92. The van der Waals surface area contributed by atoms with Crippen LogP contribution in [-0.4, -0.2) is 53.1 Å². The molecule has 7 nitrogen and oxygen atoms in total. The lowest BCUT2D eigenvalue weighted by Crippen LogP contribution is -2.25. The number of ketones is 2. The molecule has 0 unspecified atom stereocenters. The Kier molecular flexibility index (Phi) is 4.69. The molecule has 0 saturated heterocycles. The van der Waals surface area contributed by atoms with Gasteiger partial charge in [-0.1, -0.05) is 24.3 Å². The van der Waals surface area contributed by atoms with E-state index in [1.54, 1.807) is 12.1 Å². The third-order valence-electron chi connectivity index (χ3n) is 4.06. The Morgan fingerprint density at radius 3 is 2.16 bits per heavy atom. The molecule has 0 bridgehead atoms. The van der Waals surface area contributed by atoms with Crippen LogP contribution < -0.4 is 10.6 Å². The van der Waals surface area contributed by atoms with Crippen molar-refractivity contribution in [3.63, 3.8) is 0 Å². The van der Waals surface area contributed by atoms with E-state index in [0.29, 0.717) is 19.6 Å². The van der Waals surface area contributed by atoms with Gasteiger partial charge in [0.05, 0.1) is 23.4 Å². The van der Waals surface area contributed by atoms with Gasteiger partial charge in [0, 0.05) is 36.8 Å². The number of phenols is 2. The van der Waals surface area contributed by atoms with Crippen molar-refractivity contribution < 1.29 is 24.9 Å². The molecule has 3 rings (SSSR count). The average molecular weight is 342 g/mol. The van der Waals surface area contributed by atoms with E-state index in [0.717, 1.165) is 0 Å². The van der Waals surface area contributed by atoms with Gasteiger partial charge in [0.25, 0.3) is 0 Å². The van der Waals surface area contributed by atoms with Gasteiger partial charge in [-0.25, -0.2) is 0 Å². The number of aliphatic hydroxyl groups excluding tert-OH is 1. The largest absolute Gasteiger partial charge is 0.507 e. The van der Waals surface area contributed by atoms with Crippen molar-refractivity contribution in [3.05, 3.63) is 52.6 Å². The Morgan fingerprint density at radius 2 is 1.52 bits per heavy atom. The van der Waals surface area contributed by atoms with Gasteiger partial charge in [-0.05, 0) is 0 Å². The normalized spacial score (nSPS) is 12.7. The van der Waals surface area contributed by atoms with Crippen LogP contribution in [-0.2, 0) is 0 Å². The number of hydrogen-bond donors (Lipinski definition) is 5. The Morgan fingerprint density at radius 1 is 0.880 bits per heavy atom. The minimum Gasteiger partial charge on any atom is -0.507 e. The number of anilines is 1. The maximum Gasteiger partial charge on any atom is 0.198 e. The molecule has 130 valence electrons. The fourth-order valence-electron chi connectivity index (χ4n) is 2.88. The molecule has 0 saturated carbocycles. The number of carbonyl (C=O) groups excluding carboxylic acids is 2. The van der Waals surface area contributed by atoms with Crippen LogP contribution in [0.1, 0.15) is 31.8 Å². The standard InChI is InChI=1S/C18H18N2O5/c21-8-7-19-5-6-20-12-9-13(22)14-15(18(12)25)17(24)11-4-2-1-3-10(11)16(14)23/h1-4,9,19-22,25H,5-8H2. The Labute approximate surface area is 143 Å². The molecule has 1 aliphatic rings. The Hall–Kier alpha value is -2.90. The summed E-state index contributed by atoms with van der Waals surface area (Å²) >= 11 is 0. The highest BCUT2D eigenvalue weighted by molar-refractivity contribution is 6.30. The van der Waals surface area contributed by atoms with Crippen LogP contribution in [0.15, 0.2) is 30.3 Å². The molecule has 0 heterocycles. The van der Waals surface area contributed by atoms with Gasteiger partial charge in [0.1, 0.15) is 5.75 Å². The third-order valence-corrected chi connectivity index (χ3v) is 4.06. The average Bonchev–Trinajstić information content (AvgIpc) is 2.62. The SMILES string of the molecule is O=C1c2ccccc2C(=O)c2c(O)c(NCCNCCO)cc(O)c21. The zero-order valence-electron chi connectivity index (χ0n) is 13.4. The number of benzene rings is 2. The van der Waals surface area contributed by atoms with Gasteiger partial charge < -0.3 is 26.0 Å². The number of aromatic hydroxyl groups is 2. The lowest BCUT2D eigenvalue weighted by molar-refractivity contribution is 0.0974. The molecule has 0 aromatic heterocycles. The summed E-state index contributed by atoms with van der Waals surface area (Å²) < 4.78 is 0. The maximum absolute atomic E-state index is 12.7. The van der Waals surface area contributed by atoms with Crippen molar-refractivity contribution >= 4 is 17.3 Å². The lowest BCUT2D eigenvalue weighted by Gasteiger charge is -2.21. The molecule has 0 spiro atoms. The summed E-state index contributed by atoms with van der Waals surface area (Å²) in [6.07, 6.45) is 0. The molecular formula is C18H18N2O5. The van der Waals surface area contributed by atoms with Crippen LogP contribution in [0.2, 0.25) is 0 Å². The first-order chi connectivity index (χ1) is 12.1. The number of rotatable bonds is 6. The topological polar surface area (TPSA) is 119 Å². The quantitative estimate of drug-likeness (QED) is 0.256. The number of carbonyl (C=O) groups is 2. The van der Waals surface area contributed by atoms with Crippen LogP contribution >= 0.6 is 0 Å². The summed E-state index contributed by atoms with van der Waals surface area (Å²) in [6.45, 7) is 1.35.